The number of hydrogen-bond donors (Lipinski definition) is 1. The number of likely N-dealkylation sites (N-methyl/N-ethyl adjacent to an activating group) is 1. The molecule has 0 saturated heterocycles. The van der Waals surface area contributed by atoms with E-state index in [4.69, 9.17) is 23.2 Å². The van der Waals surface area contributed by atoms with Crippen LogP contribution in [0.25, 0.3) is 0 Å². The molecular formula is C32H30Cl2FN3O4S. The summed E-state index contributed by atoms with van der Waals surface area (Å²) in [5.74, 6) is -1.73. The predicted molar refractivity (Wildman–Crippen MR) is 167 cm³/mol. The molecule has 0 unspecified atom stereocenters. The molecule has 0 aliphatic carbocycles. The van der Waals surface area contributed by atoms with E-state index in [0.717, 1.165) is 9.87 Å². The van der Waals surface area contributed by atoms with Crippen molar-refractivity contribution in [2.24, 2.45) is 0 Å². The fourth-order valence-electron chi connectivity index (χ4n) is 4.55. The molecule has 11 heteroatoms. The lowest BCUT2D eigenvalue weighted by Crippen LogP contribution is -2.53. The Labute approximate surface area is 260 Å². The van der Waals surface area contributed by atoms with E-state index >= 15 is 0 Å². The number of anilines is 1. The summed E-state index contributed by atoms with van der Waals surface area (Å²) in [4.78, 5) is 28.8. The Bertz CT molecular complexity index is 1670. The molecule has 4 rings (SSSR count). The summed E-state index contributed by atoms with van der Waals surface area (Å²) >= 11 is 12.2. The molecule has 43 heavy (non-hydrogen) atoms. The van der Waals surface area contributed by atoms with Crippen molar-refractivity contribution >= 4 is 50.7 Å². The van der Waals surface area contributed by atoms with E-state index in [1.165, 1.54) is 59.5 Å². The summed E-state index contributed by atoms with van der Waals surface area (Å²) in [6, 6.07) is 25.6. The zero-order chi connectivity index (χ0) is 31.0. The standard InChI is InChI=1S/C32H30Cl2FN3O4S/c1-2-36-32(40)30(19-23-9-4-3-5-10-23)37(21-24-11-6-7-14-29(24)35)31(39)22-38(27-13-8-12-26(34)20-27)43(41,42)28-17-15-25(33)16-18-28/h3-18,20,30H,2,19,21-22H2,1H3,(H,36,40)/t30-/m0/s1. The van der Waals surface area contributed by atoms with E-state index in [1.54, 1.807) is 25.1 Å². The van der Waals surface area contributed by atoms with Crippen molar-refractivity contribution in [1.82, 2.24) is 10.2 Å². The van der Waals surface area contributed by atoms with Gasteiger partial charge in [-0.1, -0.05) is 77.8 Å². The van der Waals surface area contributed by atoms with Crippen LogP contribution in [-0.4, -0.2) is 44.3 Å². The zero-order valence-corrected chi connectivity index (χ0v) is 25.6. The van der Waals surface area contributed by atoms with Gasteiger partial charge in [-0.05, 0) is 61.0 Å². The van der Waals surface area contributed by atoms with Crippen LogP contribution in [0.4, 0.5) is 10.1 Å². The highest BCUT2D eigenvalue weighted by atomic mass is 35.5. The van der Waals surface area contributed by atoms with Crippen molar-refractivity contribution in [1.29, 1.82) is 0 Å². The van der Waals surface area contributed by atoms with E-state index in [-0.39, 0.29) is 34.1 Å². The maximum Gasteiger partial charge on any atom is 0.264 e. The van der Waals surface area contributed by atoms with E-state index < -0.39 is 40.2 Å². The number of amides is 2. The van der Waals surface area contributed by atoms with E-state index in [1.807, 2.05) is 30.3 Å². The molecule has 0 fully saturated rings. The van der Waals surface area contributed by atoms with Crippen molar-refractivity contribution in [3.05, 3.63) is 130 Å². The van der Waals surface area contributed by atoms with Gasteiger partial charge in [0.15, 0.2) is 0 Å². The number of carbonyl (C=O) groups excluding carboxylic acids is 2. The van der Waals surface area contributed by atoms with Crippen LogP contribution >= 0.6 is 23.2 Å². The Morgan fingerprint density at radius 3 is 2.19 bits per heavy atom. The average molecular weight is 643 g/mol. The Kier molecular flexibility index (Phi) is 10.8. The van der Waals surface area contributed by atoms with Crippen molar-refractivity contribution in [3.8, 4) is 0 Å². The van der Waals surface area contributed by atoms with Crippen LogP contribution in [-0.2, 0) is 32.6 Å². The third-order valence-electron chi connectivity index (χ3n) is 6.70. The van der Waals surface area contributed by atoms with Crippen LogP contribution in [0.2, 0.25) is 10.0 Å². The molecule has 2 amide bonds. The lowest BCUT2D eigenvalue weighted by atomic mass is 10.0. The summed E-state index contributed by atoms with van der Waals surface area (Å²) in [5, 5.41) is 3.36. The van der Waals surface area contributed by atoms with Crippen LogP contribution in [0.3, 0.4) is 0 Å². The number of nitrogens with one attached hydrogen (secondary N) is 1. The minimum atomic E-state index is -4.32. The SMILES string of the molecule is CCNC(=O)[C@H](Cc1ccccc1)N(Cc1ccccc1F)C(=O)CN(c1cccc(Cl)c1)S(=O)(=O)c1ccc(Cl)cc1. The van der Waals surface area contributed by atoms with Gasteiger partial charge < -0.3 is 10.2 Å². The van der Waals surface area contributed by atoms with Crippen LogP contribution < -0.4 is 9.62 Å². The monoisotopic (exact) mass is 641 g/mol. The molecular weight excluding hydrogens is 612 g/mol. The molecule has 4 aromatic rings. The minimum absolute atomic E-state index is 0.102. The number of carbonyl (C=O) groups is 2. The predicted octanol–water partition coefficient (Wildman–Crippen LogP) is 6.10. The summed E-state index contributed by atoms with van der Waals surface area (Å²) < 4.78 is 43.7. The Morgan fingerprint density at radius 1 is 0.860 bits per heavy atom. The van der Waals surface area contributed by atoms with Gasteiger partial charge in [0.05, 0.1) is 10.6 Å². The lowest BCUT2D eigenvalue weighted by molar-refractivity contribution is -0.140. The second-order valence-corrected chi connectivity index (χ2v) is 12.4. The molecule has 0 saturated carbocycles. The van der Waals surface area contributed by atoms with Gasteiger partial charge in [0.1, 0.15) is 18.4 Å². The number of nitrogens with zero attached hydrogens (tertiary/aromatic N) is 2. The topological polar surface area (TPSA) is 86.8 Å². The van der Waals surface area contributed by atoms with Crippen LogP contribution in [0.5, 0.6) is 0 Å². The van der Waals surface area contributed by atoms with Gasteiger partial charge in [-0.15, -0.1) is 0 Å². The van der Waals surface area contributed by atoms with Crippen LogP contribution in [0, 0.1) is 5.82 Å². The minimum Gasteiger partial charge on any atom is -0.355 e. The maximum absolute atomic E-state index is 14.9. The lowest BCUT2D eigenvalue weighted by Gasteiger charge is -2.34. The first kappa shape index (κ1) is 32.0. The second-order valence-electron chi connectivity index (χ2n) is 9.66. The molecule has 0 heterocycles. The molecule has 224 valence electrons. The average Bonchev–Trinajstić information content (AvgIpc) is 2.99. The first-order valence-corrected chi connectivity index (χ1v) is 15.7. The number of rotatable bonds is 12. The number of halogens is 3. The van der Waals surface area contributed by atoms with Gasteiger partial charge in [-0.3, -0.25) is 13.9 Å². The highest BCUT2D eigenvalue weighted by Gasteiger charge is 2.35. The van der Waals surface area contributed by atoms with Crippen molar-refractivity contribution in [2.45, 2.75) is 30.8 Å². The zero-order valence-electron chi connectivity index (χ0n) is 23.3. The first-order valence-electron chi connectivity index (χ1n) is 13.5. The summed E-state index contributed by atoms with van der Waals surface area (Å²) in [5.41, 5.74) is 1.08. The summed E-state index contributed by atoms with van der Waals surface area (Å²) in [6.07, 6.45) is 0.119. The van der Waals surface area contributed by atoms with Crippen molar-refractivity contribution in [2.75, 3.05) is 17.4 Å². The number of sulfonamides is 1. The quantitative estimate of drug-likeness (QED) is 0.202. The van der Waals surface area contributed by atoms with Gasteiger partial charge >= 0.3 is 0 Å². The highest BCUT2D eigenvalue weighted by molar-refractivity contribution is 7.92. The Balaban J connectivity index is 1.80. The third kappa shape index (κ3) is 8.13. The molecule has 0 aromatic heterocycles. The van der Waals surface area contributed by atoms with E-state index in [9.17, 15) is 22.4 Å². The largest absolute Gasteiger partial charge is 0.355 e. The Hall–Kier alpha value is -3.92. The van der Waals surface area contributed by atoms with Gasteiger partial charge in [-0.25, -0.2) is 12.8 Å². The molecule has 0 aliphatic heterocycles. The third-order valence-corrected chi connectivity index (χ3v) is 8.97. The number of hydrogen-bond acceptors (Lipinski definition) is 4. The fraction of sp³-hybridized carbons (Fsp3) is 0.188. The molecule has 0 bridgehead atoms. The van der Waals surface area contributed by atoms with Crippen molar-refractivity contribution < 1.29 is 22.4 Å². The Morgan fingerprint density at radius 2 is 1.53 bits per heavy atom. The maximum atomic E-state index is 14.9. The van der Waals surface area contributed by atoms with Gasteiger partial charge in [0.2, 0.25) is 11.8 Å². The molecule has 0 radical (unpaired) electrons. The van der Waals surface area contributed by atoms with Gasteiger partial charge in [0.25, 0.3) is 10.0 Å². The van der Waals surface area contributed by atoms with Crippen LogP contribution in [0.1, 0.15) is 18.1 Å². The number of benzene rings is 4. The smallest absolute Gasteiger partial charge is 0.264 e. The summed E-state index contributed by atoms with van der Waals surface area (Å²) in [6.45, 7) is 1.08. The molecule has 0 aliphatic rings. The van der Waals surface area contributed by atoms with Crippen LogP contribution in [0.15, 0.2) is 108 Å². The fourth-order valence-corrected chi connectivity index (χ4v) is 6.27. The molecule has 7 nitrogen and oxygen atoms in total. The molecule has 1 atom stereocenters. The van der Waals surface area contributed by atoms with E-state index in [0.29, 0.717) is 11.6 Å². The second kappa shape index (κ2) is 14.5. The van der Waals surface area contributed by atoms with Crippen molar-refractivity contribution in [3.63, 3.8) is 0 Å². The summed E-state index contributed by atoms with van der Waals surface area (Å²) in [7, 11) is -4.32. The van der Waals surface area contributed by atoms with E-state index in [2.05, 4.69) is 5.32 Å². The van der Waals surface area contributed by atoms with Gasteiger partial charge in [0, 0.05) is 35.1 Å². The normalized spacial score (nSPS) is 11.9. The molecule has 1 N–H and O–H groups in total. The molecule has 0 spiro atoms. The highest BCUT2D eigenvalue weighted by Crippen LogP contribution is 2.28. The first-order chi connectivity index (χ1) is 20.6. The molecule has 4 aromatic carbocycles. The van der Waals surface area contributed by atoms with Gasteiger partial charge in [-0.2, -0.15) is 0 Å².